The predicted molar refractivity (Wildman–Crippen MR) is 112 cm³/mol. The van der Waals surface area contributed by atoms with Crippen LogP contribution in [0, 0.1) is 17.7 Å². The second kappa shape index (κ2) is 9.04. The zero-order valence-electron chi connectivity index (χ0n) is 18.5. The highest BCUT2D eigenvalue weighted by Crippen LogP contribution is 2.45. The molecule has 7 heteroatoms. The lowest BCUT2D eigenvalue weighted by atomic mass is 9.69. The van der Waals surface area contributed by atoms with Crippen molar-refractivity contribution in [3.63, 3.8) is 0 Å². The van der Waals surface area contributed by atoms with Crippen molar-refractivity contribution in [1.82, 2.24) is 5.32 Å². The van der Waals surface area contributed by atoms with E-state index < -0.39 is 29.6 Å². The number of halogens is 1. The minimum Gasteiger partial charge on any atom is -0.468 e. The van der Waals surface area contributed by atoms with Gasteiger partial charge in [0, 0.05) is 22.9 Å². The molecule has 6 nitrogen and oxygen atoms in total. The average molecular weight is 429 g/mol. The molecule has 0 saturated heterocycles. The van der Waals surface area contributed by atoms with Crippen molar-refractivity contribution in [3.8, 4) is 0 Å². The SMILES string of the molecule is CCC(C)OC(=O)C1=C(C)NC2=C(C(=O)C(C(=O)OC)C(C)C2)C1c1ccc(F)cc1. The summed E-state index contributed by atoms with van der Waals surface area (Å²) in [5.74, 6) is -3.94. The Bertz CT molecular complexity index is 963. The van der Waals surface area contributed by atoms with E-state index in [1.54, 1.807) is 26.0 Å². The van der Waals surface area contributed by atoms with Crippen molar-refractivity contribution >= 4 is 17.7 Å². The maximum atomic E-state index is 13.6. The molecule has 1 N–H and O–H groups in total. The molecule has 166 valence electrons. The van der Waals surface area contributed by atoms with Gasteiger partial charge in [-0.25, -0.2) is 9.18 Å². The predicted octanol–water partition coefficient (Wildman–Crippen LogP) is 3.78. The van der Waals surface area contributed by atoms with Gasteiger partial charge in [-0.2, -0.15) is 0 Å². The molecule has 4 atom stereocenters. The standard InChI is InChI=1S/C24H28FNO5/c1-6-13(3)31-24(29)19-14(4)26-17-11-12(2)18(23(28)30-5)22(27)21(17)20(19)15-7-9-16(25)10-8-15/h7-10,12-13,18,20,26H,6,11H2,1-5H3. The first-order valence-electron chi connectivity index (χ1n) is 10.5. The fourth-order valence-corrected chi connectivity index (χ4v) is 4.27. The Hall–Kier alpha value is -2.96. The maximum absolute atomic E-state index is 13.6. The van der Waals surface area contributed by atoms with Crippen LogP contribution < -0.4 is 5.32 Å². The first-order valence-corrected chi connectivity index (χ1v) is 10.5. The summed E-state index contributed by atoms with van der Waals surface area (Å²) in [6.45, 7) is 7.28. The van der Waals surface area contributed by atoms with Gasteiger partial charge < -0.3 is 14.8 Å². The number of esters is 2. The van der Waals surface area contributed by atoms with Crippen molar-refractivity contribution in [1.29, 1.82) is 0 Å². The molecule has 1 aromatic rings. The third kappa shape index (κ3) is 4.27. The molecule has 1 heterocycles. The molecule has 0 saturated carbocycles. The Labute approximate surface area is 181 Å². The molecule has 1 aliphatic carbocycles. The lowest BCUT2D eigenvalue weighted by molar-refractivity contribution is -0.151. The van der Waals surface area contributed by atoms with Gasteiger partial charge in [0.05, 0.1) is 18.8 Å². The van der Waals surface area contributed by atoms with Crippen LogP contribution in [-0.2, 0) is 23.9 Å². The normalized spacial score (nSPS) is 24.3. The minimum atomic E-state index is -0.959. The third-order valence-corrected chi connectivity index (χ3v) is 6.05. The van der Waals surface area contributed by atoms with Crippen molar-refractivity contribution in [2.24, 2.45) is 11.8 Å². The molecule has 0 radical (unpaired) electrons. The number of carbonyl (C=O) groups is 3. The van der Waals surface area contributed by atoms with Crippen LogP contribution in [0.4, 0.5) is 4.39 Å². The smallest absolute Gasteiger partial charge is 0.337 e. The first-order chi connectivity index (χ1) is 14.7. The quantitative estimate of drug-likeness (QED) is 0.567. The lowest BCUT2D eigenvalue weighted by Crippen LogP contribution is -2.43. The number of rotatable bonds is 5. The molecule has 0 fully saturated rings. The molecule has 1 aliphatic heterocycles. The van der Waals surface area contributed by atoms with Crippen LogP contribution in [0.3, 0.4) is 0 Å². The van der Waals surface area contributed by atoms with E-state index in [0.29, 0.717) is 35.4 Å². The Morgan fingerprint density at radius 1 is 1.26 bits per heavy atom. The average Bonchev–Trinajstić information content (AvgIpc) is 2.72. The largest absolute Gasteiger partial charge is 0.468 e. The molecule has 2 aliphatic rings. The maximum Gasteiger partial charge on any atom is 0.337 e. The number of benzene rings is 1. The Morgan fingerprint density at radius 2 is 1.90 bits per heavy atom. The van der Waals surface area contributed by atoms with E-state index in [1.165, 1.54) is 19.2 Å². The summed E-state index contributed by atoms with van der Waals surface area (Å²) >= 11 is 0. The molecule has 0 bridgehead atoms. The van der Waals surface area contributed by atoms with Gasteiger partial charge in [0.25, 0.3) is 0 Å². The van der Waals surface area contributed by atoms with Gasteiger partial charge in [0.15, 0.2) is 5.78 Å². The van der Waals surface area contributed by atoms with Gasteiger partial charge >= 0.3 is 11.9 Å². The van der Waals surface area contributed by atoms with E-state index >= 15 is 0 Å². The highest BCUT2D eigenvalue weighted by Gasteiger charge is 2.47. The van der Waals surface area contributed by atoms with E-state index in [-0.39, 0.29) is 23.4 Å². The molecular weight excluding hydrogens is 401 g/mol. The van der Waals surface area contributed by atoms with Gasteiger partial charge in [-0.15, -0.1) is 0 Å². The topological polar surface area (TPSA) is 81.7 Å². The number of ketones is 1. The summed E-state index contributed by atoms with van der Waals surface area (Å²) in [5, 5.41) is 3.20. The zero-order valence-corrected chi connectivity index (χ0v) is 18.5. The van der Waals surface area contributed by atoms with Crippen LogP contribution >= 0.6 is 0 Å². The lowest BCUT2D eigenvalue weighted by Gasteiger charge is -2.38. The summed E-state index contributed by atoms with van der Waals surface area (Å²) in [4.78, 5) is 39.0. The van der Waals surface area contributed by atoms with Crippen molar-refractivity contribution < 1.29 is 28.2 Å². The number of nitrogens with one attached hydrogen (secondary N) is 1. The molecule has 0 spiro atoms. The second-order valence-electron chi connectivity index (χ2n) is 8.21. The fourth-order valence-electron chi connectivity index (χ4n) is 4.27. The fraction of sp³-hybridized carbons (Fsp3) is 0.458. The van der Waals surface area contributed by atoms with E-state index in [2.05, 4.69) is 5.32 Å². The van der Waals surface area contributed by atoms with E-state index in [9.17, 15) is 18.8 Å². The Kier molecular flexibility index (Phi) is 6.62. The summed E-state index contributed by atoms with van der Waals surface area (Å²) in [6, 6.07) is 5.69. The number of ether oxygens (including phenoxy) is 2. The van der Waals surface area contributed by atoms with Crippen LogP contribution in [0.25, 0.3) is 0 Å². The molecule has 31 heavy (non-hydrogen) atoms. The molecule has 0 aromatic heterocycles. The van der Waals surface area contributed by atoms with E-state index in [4.69, 9.17) is 9.47 Å². The third-order valence-electron chi connectivity index (χ3n) is 6.05. The van der Waals surface area contributed by atoms with E-state index in [0.717, 1.165) is 0 Å². The number of dihydropyridines is 1. The van der Waals surface area contributed by atoms with Crippen molar-refractivity contribution in [3.05, 3.63) is 58.2 Å². The Morgan fingerprint density at radius 3 is 2.48 bits per heavy atom. The number of Topliss-reactive ketones (excluding diaryl/α,β-unsaturated/α-hetero) is 1. The van der Waals surface area contributed by atoms with Gasteiger partial charge in [0.2, 0.25) is 0 Å². The molecular formula is C24H28FNO5. The van der Waals surface area contributed by atoms with Crippen molar-refractivity contribution in [2.45, 2.75) is 52.6 Å². The van der Waals surface area contributed by atoms with Crippen molar-refractivity contribution in [2.75, 3.05) is 7.11 Å². The van der Waals surface area contributed by atoms with Gasteiger partial charge in [-0.05, 0) is 50.3 Å². The zero-order chi connectivity index (χ0) is 22.9. The first kappa shape index (κ1) is 22.7. The summed E-state index contributed by atoms with van der Waals surface area (Å²) < 4.78 is 24.1. The van der Waals surface area contributed by atoms with Gasteiger partial charge in [0.1, 0.15) is 11.7 Å². The second-order valence-corrected chi connectivity index (χ2v) is 8.21. The van der Waals surface area contributed by atoms with Crippen LogP contribution in [0.2, 0.25) is 0 Å². The summed E-state index contributed by atoms with van der Waals surface area (Å²) in [7, 11) is 1.25. The Balaban J connectivity index is 2.15. The molecule has 0 amide bonds. The highest BCUT2D eigenvalue weighted by atomic mass is 19.1. The monoisotopic (exact) mass is 429 g/mol. The van der Waals surface area contributed by atoms with Gasteiger partial charge in [-0.3, -0.25) is 9.59 Å². The number of methoxy groups -OCH3 is 1. The molecule has 1 aromatic carbocycles. The van der Waals surface area contributed by atoms with Crippen LogP contribution in [-0.4, -0.2) is 30.9 Å². The summed E-state index contributed by atoms with van der Waals surface area (Å²) in [5.41, 5.74) is 2.46. The molecule has 3 rings (SSSR count). The van der Waals surface area contributed by atoms with Gasteiger partial charge in [-0.1, -0.05) is 26.0 Å². The molecule has 4 unspecified atom stereocenters. The van der Waals surface area contributed by atoms with Crippen LogP contribution in [0.5, 0.6) is 0 Å². The number of hydrogen-bond donors (Lipinski definition) is 1. The highest BCUT2D eigenvalue weighted by molar-refractivity contribution is 6.12. The minimum absolute atomic E-state index is 0.263. The number of hydrogen-bond acceptors (Lipinski definition) is 6. The van der Waals surface area contributed by atoms with Crippen LogP contribution in [0.1, 0.15) is 52.0 Å². The van der Waals surface area contributed by atoms with E-state index in [1.807, 2.05) is 13.8 Å². The number of carbonyl (C=O) groups excluding carboxylic acids is 3. The van der Waals surface area contributed by atoms with Crippen LogP contribution in [0.15, 0.2) is 46.8 Å². The summed E-state index contributed by atoms with van der Waals surface area (Å²) in [6.07, 6.45) is 0.785. The number of allylic oxidation sites excluding steroid dienone is 3.